The average Bonchev–Trinajstić information content (AvgIpc) is 2.49. The first-order chi connectivity index (χ1) is 10.00. The second-order valence-electron chi connectivity index (χ2n) is 4.95. The van der Waals surface area contributed by atoms with Crippen LogP contribution in [0.2, 0.25) is 5.02 Å². The molecule has 21 heavy (non-hydrogen) atoms. The van der Waals surface area contributed by atoms with Gasteiger partial charge in [-0.25, -0.2) is 18.4 Å². The van der Waals surface area contributed by atoms with Crippen LogP contribution in [0.5, 0.6) is 0 Å². The molecule has 0 unspecified atom stereocenters. The Labute approximate surface area is 128 Å². The number of sulfonamides is 1. The number of hydrogen-bond acceptors (Lipinski definition) is 4. The lowest BCUT2D eigenvalue weighted by Gasteiger charge is -2.27. The Morgan fingerprint density at radius 3 is 2.95 bits per heavy atom. The summed E-state index contributed by atoms with van der Waals surface area (Å²) in [6, 6.07) is 4.94. The van der Waals surface area contributed by atoms with Gasteiger partial charge in [0.05, 0.1) is 4.90 Å². The summed E-state index contributed by atoms with van der Waals surface area (Å²) in [5.41, 5.74) is 2.35. The van der Waals surface area contributed by atoms with Gasteiger partial charge >= 0.3 is 0 Å². The molecule has 0 atom stereocenters. The van der Waals surface area contributed by atoms with Gasteiger partial charge in [0.1, 0.15) is 6.33 Å². The van der Waals surface area contributed by atoms with E-state index in [1.807, 2.05) is 0 Å². The van der Waals surface area contributed by atoms with Gasteiger partial charge in [-0.3, -0.25) is 0 Å². The van der Waals surface area contributed by atoms with Crippen molar-refractivity contribution in [3.63, 3.8) is 0 Å². The maximum absolute atomic E-state index is 12.8. The van der Waals surface area contributed by atoms with Crippen molar-refractivity contribution in [1.29, 1.82) is 0 Å². The molecule has 0 saturated heterocycles. The molecule has 2 aromatic rings. The van der Waals surface area contributed by atoms with Crippen LogP contribution in [0.4, 0.5) is 0 Å². The van der Waals surface area contributed by atoms with Crippen molar-refractivity contribution in [3.05, 3.63) is 52.6 Å². The second-order valence-corrected chi connectivity index (χ2v) is 7.26. The zero-order chi connectivity index (χ0) is 15.0. The van der Waals surface area contributed by atoms with Gasteiger partial charge in [-0.05, 0) is 24.6 Å². The molecule has 1 aromatic heterocycles. The number of hydrogen-bond donors (Lipinski definition) is 0. The molecule has 0 saturated carbocycles. The molecular formula is C14H14ClN3O2S. The number of rotatable bonds is 2. The van der Waals surface area contributed by atoms with Gasteiger partial charge in [0.25, 0.3) is 0 Å². The SMILES string of the molecule is Cc1c(Cl)cccc1S(=O)(=O)N1CCc2ncncc2C1. The lowest BCUT2D eigenvalue weighted by molar-refractivity contribution is 0.386. The van der Waals surface area contributed by atoms with E-state index in [9.17, 15) is 8.42 Å². The fourth-order valence-electron chi connectivity index (χ4n) is 2.45. The lowest BCUT2D eigenvalue weighted by atomic mass is 10.1. The molecule has 7 heteroatoms. The highest BCUT2D eigenvalue weighted by Crippen LogP contribution is 2.28. The Morgan fingerprint density at radius 2 is 2.14 bits per heavy atom. The number of halogens is 1. The molecule has 2 heterocycles. The monoisotopic (exact) mass is 323 g/mol. The minimum atomic E-state index is -3.56. The van der Waals surface area contributed by atoms with Crippen LogP contribution in [-0.2, 0) is 23.0 Å². The van der Waals surface area contributed by atoms with Crippen molar-refractivity contribution in [3.8, 4) is 0 Å². The standard InChI is InChI=1S/C14H14ClN3O2S/c1-10-12(15)3-2-4-14(10)21(19,20)18-6-5-13-11(8-18)7-16-9-17-13/h2-4,7,9H,5-6,8H2,1H3. The van der Waals surface area contributed by atoms with E-state index in [1.54, 1.807) is 31.3 Å². The summed E-state index contributed by atoms with van der Waals surface area (Å²) in [4.78, 5) is 8.41. The van der Waals surface area contributed by atoms with Crippen molar-refractivity contribution in [1.82, 2.24) is 14.3 Å². The van der Waals surface area contributed by atoms with Crippen molar-refractivity contribution >= 4 is 21.6 Å². The highest BCUT2D eigenvalue weighted by molar-refractivity contribution is 7.89. The normalized spacial score (nSPS) is 15.7. The minimum absolute atomic E-state index is 0.260. The first-order valence-electron chi connectivity index (χ1n) is 6.53. The molecular weight excluding hydrogens is 310 g/mol. The van der Waals surface area contributed by atoms with Gasteiger partial charge in [0.15, 0.2) is 0 Å². The Morgan fingerprint density at radius 1 is 1.33 bits per heavy atom. The highest BCUT2D eigenvalue weighted by atomic mass is 35.5. The first-order valence-corrected chi connectivity index (χ1v) is 8.35. The van der Waals surface area contributed by atoms with E-state index in [0.717, 1.165) is 11.3 Å². The Bertz CT molecular complexity index is 793. The summed E-state index contributed by atoms with van der Waals surface area (Å²) in [7, 11) is -3.56. The quantitative estimate of drug-likeness (QED) is 0.850. The van der Waals surface area contributed by atoms with Crippen molar-refractivity contribution in [2.45, 2.75) is 24.8 Å². The van der Waals surface area contributed by atoms with Gasteiger partial charge in [-0.2, -0.15) is 4.31 Å². The van der Waals surface area contributed by atoms with Crippen LogP contribution in [0.1, 0.15) is 16.8 Å². The van der Waals surface area contributed by atoms with E-state index >= 15 is 0 Å². The van der Waals surface area contributed by atoms with E-state index in [-0.39, 0.29) is 4.90 Å². The molecule has 0 aliphatic carbocycles. The van der Waals surface area contributed by atoms with Crippen LogP contribution in [0.3, 0.4) is 0 Å². The summed E-state index contributed by atoms with van der Waals surface area (Å²) in [6.07, 6.45) is 3.76. The van der Waals surface area contributed by atoms with Crippen molar-refractivity contribution < 1.29 is 8.42 Å². The molecule has 0 spiro atoms. The number of nitrogens with zero attached hydrogens (tertiary/aromatic N) is 3. The lowest BCUT2D eigenvalue weighted by Crippen LogP contribution is -2.36. The molecule has 5 nitrogen and oxygen atoms in total. The number of fused-ring (bicyclic) bond motifs is 1. The highest BCUT2D eigenvalue weighted by Gasteiger charge is 2.30. The second kappa shape index (κ2) is 5.36. The molecule has 3 rings (SSSR count). The van der Waals surface area contributed by atoms with E-state index in [0.29, 0.717) is 30.1 Å². The Hall–Kier alpha value is -1.50. The largest absolute Gasteiger partial charge is 0.244 e. The predicted molar refractivity (Wildman–Crippen MR) is 79.5 cm³/mol. The molecule has 1 aliphatic heterocycles. The van der Waals surface area contributed by atoms with Crippen molar-refractivity contribution in [2.24, 2.45) is 0 Å². The summed E-state index contributed by atoms with van der Waals surface area (Å²) >= 11 is 6.04. The molecule has 110 valence electrons. The maximum atomic E-state index is 12.8. The topological polar surface area (TPSA) is 63.2 Å². The maximum Gasteiger partial charge on any atom is 0.243 e. The fraction of sp³-hybridized carbons (Fsp3) is 0.286. The van der Waals surface area contributed by atoms with Crippen LogP contribution < -0.4 is 0 Å². The Kier molecular flexibility index (Phi) is 3.69. The van der Waals surface area contributed by atoms with Crippen LogP contribution in [0.25, 0.3) is 0 Å². The third kappa shape index (κ3) is 2.54. The van der Waals surface area contributed by atoms with Crippen LogP contribution >= 0.6 is 11.6 Å². The van der Waals surface area contributed by atoms with Gasteiger partial charge in [0.2, 0.25) is 10.0 Å². The third-order valence-corrected chi connectivity index (χ3v) is 6.06. The molecule has 0 bridgehead atoms. The minimum Gasteiger partial charge on any atom is -0.244 e. The number of aromatic nitrogens is 2. The first kappa shape index (κ1) is 14.4. The van der Waals surface area contributed by atoms with E-state index in [4.69, 9.17) is 11.6 Å². The van der Waals surface area contributed by atoms with Gasteiger partial charge in [0, 0.05) is 42.0 Å². The zero-order valence-electron chi connectivity index (χ0n) is 11.5. The predicted octanol–water partition coefficient (Wildman–Crippen LogP) is 2.19. The molecule has 0 fully saturated rings. The fourth-order valence-corrected chi connectivity index (χ4v) is 4.35. The summed E-state index contributed by atoms with van der Waals surface area (Å²) < 4.78 is 27.0. The zero-order valence-corrected chi connectivity index (χ0v) is 13.0. The van der Waals surface area contributed by atoms with E-state index in [2.05, 4.69) is 9.97 Å². The average molecular weight is 324 g/mol. The number of benzene rings is 1. The summed E-state index contributed by atoms with van der Waals surface area (Å²) in [5.74, 6) is 0. The van der Waals surface area contributed by atoms with E-state index in [1.165, 1.54) is 10.6 Å². The van der Waals surface area contributed by atoms with Crippen LogP contribution in [0, 0.1) is 6.92 Å². The van der Waals surface area contributed by atoms with Crippen LogP contribution in [-0.4, -0.2) is 29.2 Å². The molecule has 1 aliphatic rings. The van der Waals surface area contributed by atoms with Gasteiger partial charge in [-0.15, -0.1) is 0 Å². The summed E-state index contributed by atoms with van der Waals surface area (Å²) in [5, 5.41) is 0.455. The molecule has 0 N–H and O–H groups in total. The third-order valence-electron chi connectivity index (χ3n) is 3.66. The molecule has 1 aromatic carbocycles. The van der Waals surface area contributed by atoms with Gasteiger partial charge in [-0.1, -0.05) is 17.7 Å². The van der Waals surface area contributed by atoms with E-state index < -0.39 is 10.0 Å². The molecule has 0 amide bonds. The smallest absolute Gasteiger partial charge is 0.243 e. The molecule has 0 radical (unpaired) electrons. The summed E-state index contributed by atoms with van der Waals surface area (Å²) in [6.45, 7) is 2.43. The van der Waals surface area contributed by atoms with Crippen LogP contribution in [0.15, 0.2) is 35.6 Å². The van der Waals surface area contributed by atoms with Crippen molar-refractivity contribution in [2.75, 3.05) is 6.54 Å². The van der Waals surface area contributed by atoms with Gasteiger partial charge < -0.3 is 0 Å². The Balaban J connectivity index is 1.99.